The molecule has 1 aliphatic rings. The van der Waals surface area contributed by atoms with E-state index in [1.807, 2.05) is 0 Å². The van der Waals surface area contributed by atoms with Gasteiger partial charge in [-0.05, 0) is 24.0 Å². The first-order valence-electron chi connectivity index (χ1n) is 5.08. The Labute approximate surface area is 87.7 Å². The normalized spacial score (nSPS) is 18.2. The molecule has 0 amide bonds. The van der Waals surface area contributed by atoms with Crippen LogP contribution in [0.15, 0.2) is 24.3 Å². The average molecular weight is 208 g/mol. The summed E-state index contributed by atoms with van der Waals surface area (Å²) in [4.78, 5) is 11.2. The second-order valence-electron chi connectivity index (χ2n) is 4.07. The van der Waals surface area contributed by atoms with E-state index in [1.165, 1.54) is 0 Å². The first-order chi connectivity index (χ1) is 7.19. The summed E-state index contributed by atoms with van der Waals surface area (Å²) in [6.45, 7) is -0.500. The van der Waals surface area contributed by atoms with Crippen LogP contribution in [0.4, 0.5) is 4.39 Å². The first-order valence-corrected chi connectivity index (χ1v) is 5.08. The lowest BCUT2D eigenvalue weighted by molar-refractivity contribution is -0.147. The van der Waals surface area contributed by atoms with Crippen molar-refractivity contribution in [3.63, 3.8) is 0 Å². The highest BCUT2D eigenvalue weighted by Gasteiger charge is 2.45. The molecule has 2 rings (SSSR count). The maximum absolute atomic E-state index is 12.3. The van der Waals surface area contributed by atoms with Crippen molar-refractivity contribution in [1.82, 2.24) is 0 Å². The zero-order valence-electron chi connectivity index (χ0n) is 8.37. The van der Waals surface area contributed by atoms with Gasteiger partial charge < -0.3 is 5.11 Å². The Kier molecular flexibility index (Phi) is 2.47. The molecule has 3 heteroatoms. The third-order valence-electron chi connectivity index (χ3n) is 3.28. The van der Waals surface area contributed by atoms with Crippen LogP contribution in [0.2, 0.25) is 0 Å². The second-order valence-corrected chi connectivity index (χ2v) is 4.07. The second kappa shape index (κ2) is 3.65. The van der Waals surface area contributed by atoms with E-state index in [-0.39, 0.29) is 0 Å². The number of rotatable bonds is 3. The lowest BCUT2D eigenvalue weighted by atomic mass is 9.64. The first kappa shape index (κ1) is 10.1. The van der Waals surface area contributed by atoms with E-state index < -0.39 is 18.1 Å². The largest absolute Gasteiger partial charge is 0.481 e. The van der Waals surface area contributed by atoms with E-state index in [2.05, 4.69) is 0 Å². The van der Waals surface area contributed by atoms with Gasteiger partial charge in [0, 0.05) is 0 Å². The summed E-state index contributed by atoms with van der Waals surface area (Å²) in [6.07, 6.45) is 2.34. The molecule has 2 nitrogen and oxygen atoms in total. The minimum atomic E-state index is -0.762. The number of hydrogen-bond donors (Lipinski definition) is 1. The van der Waals surface area contributed by atoms with Crippen molar-refractivity contribution >= 4 is 5.97 Å². The van der Waals surface area contributed by atoms with Crippen LogP contribution in [0, 0.1) is 0 Å². The lowest BCUT2D eigenvalue weighted by Crippen LogP contribution is -2.42. The molecule has 1 aromatic rings. The molecule has 0 radical (unpaired) electrons. The van der Waals surface area contributed by atoms with Gasteiger partial charge in [-0.1, -0.05) is 30.7 Å². The molecule has 0 aliphatic heterocycles. The van der Waals surface area contributed by atoms with Crippen LogP contribution in [0.3, 0.4) is 0 Å². The van der Waals surface area contributed by atoms with Crippen molar-refractivity contribution in [2.75, 3.05) is 0 Å². The van der Waals surface area contributed by atoms with Gasteiger partial charge in [0.25, 0.3) is 0 Å². The molecule has 0 saturated heterocycles. The predicted octanol–water partition coefficient (Wildman–Crippen LogP) is 2.66. The molecular formula is C12H13FO2. The number of carboxylic acids is 1. The van der Waals surface area contributed by atoms with E-state index in [0.29, 0.717) is 18.4 Å². The number of alkyl halides is 1. The van der Waals surface area contributed by atoms with E-state index in [1.54, 1.807) is 24.3 Å². The van der Waals surface area contributed by atoms with Crippen LogP contribution < -0.4 is 0 Å². The Bertz CT molecular complexity index is 366. The molecule has 80 valence electrons. The molecule has 0 bridgehead atoms. The fourth-order valence-electron chi connectivity index (χ4n) is 2.07. The van der Waals surface area contributed by atoms with E-state index in [4.69, 9.17) is 0 Å². The lowest BCUT2D eigenvalue weighted by Gasteiger charge is -2.38. The quantitative estimate of drug-likeness (QED) is 0.829. The SMILES string of the molecule is O=C(O)C1(c2ccc(CF)cc2)CCC1. The zero-order valence-corrected chi connectivity index (χ0v) is 8.37. The highest BCUT2D eigenvalue weighted by Crippen LogP contribution is 2.43. The van der Waals surface area contributed by atoms with Crippen molar-refractivity contribution in [2.24, 2.45) is 0 Å². The third-order valence-corrected chi connectivity index (χ3v) is 3.28. The fourth-order valence-corrected chi connectivity index (χ4v) is 2.07. The summed E-state index contributed by atoms with van der Waals surface area (Å²) in [6, 6.07) is 6.81. The number of carbonyl (C=O) groups is 1. The van der Waals surface area contributed by atoms with Crippen molar-refractivity contribution < 1.29 is 14.3 Å². The van der Waals surface area contributed by atoms with Gasteiger partial charge in [0.15, 0.2) is 0 Å². The highest BCUT2D eigenvalue weighted by molar-refractivity contribution is 5.82. The molecule has 1 aliphatic carbocycles. The number of aliphatic carboxylic acids is 1. The average Bonchev–Trinajstić information content (AvgIpc) is 2.16. The van der Waals surface area contributed by atoms with Gasteiger partial charge >= 0.3 is 5.97 Å². The fraction of sp³-hybridized carbons (Fsp3) is 0.417. The molecular weight excluding hydrogens is 195 g/mol. The van der Waals surface area contributed by atoms with E-state index >= 15 is 0 Å². The topological polar surface area (TPSA) is 37.3 Å². The van der Waals surface area contributed by atoms with Gasteiger partial charge in [0.05, 0.1) is 5.41 Å². The van der Waals surface area contributed by atoms with Gasteiger partial charge in [-0.25, -0.2) is 4.39 Å². The summed E-state index contributed by atoms with van der Waals surface area (Å²) in [5.41, 5.74) is 0.700. The van der Waals surface area contributed by atoms with Crippen LogP contribution in [-0.4, -0.2) is 11.1 Å². The molecule has 1 N–H and O–H groups in total. The van der Waals surface area contributed by atoms with Crippen LogP contribution >= 0.6 is 0 Å². The summed E-state index contributed by atoms with van der Waals surface area (Å²) in [5.74, 6) is -0.762. The minimum Gasteiger partial charge on any atom is -0.481 e. The number of benzene rings is 1. The van der Waals surface area contributed by atoms with Crippen LogP contribution in [0.1, 0.15) is 30.4 Å². The molecule has 0 unspecified atom stereocenters. The summed E-state index contributed by atoms with van der Waals surface area (Å²) in [7, 11) is 0. The molecule has 1 aromatic carbocycles. The molecule has 0 aromatic heterocycles. The van der Waals surface area contributed by atoms with Crippen molar-refractivity contribution in [3.8, 4) is 0 Å². The highest BCUT2D eigenvalue weighted by atomic mass is 19.1. The summed E-state index contributed by atoms with van der Waals surface area (Å²) >= 11 is 0. The summed E-state index contributed by atoms with van der Waals surface area (Å²) < 4.78 is 12.3. The number of halogens is 1. The smallest absolute Gasteiger partial charge is 0.314 e. The Morgan fingerprint density at radius 3 is 2.27 bits per heavy atom. The van der Waals surface area contributed by atoms with Gasteiger partial charge in [-0.2, -0.15) is 0 Å². The van der Waals surface area contributed by atoms with Crippen LogP contribution in [-0.2, 0) is 16.9 Å². The number of hydrogen-bond acceptors (Lipinski definition) is 1. The molecule has 0 atom stereocenters. The molecule has 15 heavy (non-hydrogen) atoms. The Balaban J connectivity index is 2.31. The van der Waals surface area contributed by atoms with E-state index in [0.717, 1.165) is 12.0 Å². The Morgan fingerprint density at radius 2 is 1.93 bits per heavy atom. The zero-order chi connectivity index (χ0) is 10.9. The summed E-state index contributed by atoms with van der Waals surface area (Å²) in [5, 5.41) is 9.19. The maximum atomic E-state index is 12.3. The van der Waals surface area contributed by atoms with Crippen LogP contribution in [0.5, 0.6) is 0 Å². The van der Waals surface area contributed by atoms with E-state index in [9.17, 15) is 14.3 Å². The Hall–Kier alpha value is -1.38. The third kappa shape index (κ3) is 1.52. The van der Waals surface area contributed by atoms with Crippen molar-refractivity contribution in [1.29, 1.82) is 0 Å². The molecule has 0 heterocycles. The number of carboxylic acid groups (broad SMARTS) is 1. The molecule has 1 fully saturated rings. The molecule has 1 saturated carbocycles. The Morgan fingerprint density at radius 1 is 1.33 bits per heavy atom. The van der Waals surface area contributed by atoms with Crippen LogP contribution in [0.25, 0.3) is 0 Å². The van der Waals surface area contributed by atoms with Gasteiger partial charge in [0.2, 0.25) is 0 Å². The van der Waals surface area contributed by atoms with Gasteiger partial charge in [0.1, 0.15) is 6.67 Å². The van der Waals surface area contributed by atoms with Crippen molar-refractivity contribution in [2.45, 2.75) is 31.4 Å². The van der Waals surface area contributed by atoms with Crippen molar-refractivity contribution in [3.05, 3.63) is 35.4 Å². The maximum Gasteiger partial charge on any atom is 0.314 e. The molecule has 0 spiro atoms. The minimum absolute atomic E-state index is 0.500. The predicted molar refractivity (Wildman–Crippen MR) is 54.4 cm³/mol. The van der Waals surface area contributed by atoms with Gasteiger partial charge in [-0.15, -0.1) is 0 Å². The van der Waals surface area contributed by atoms with Gasteiger partial charge in [-0.3, -0.25) is 4.79 Å². The standard InChI is InChI=1S/C12H13FO2/c13-8-9-2-4-10(5-3-9)12(11(14)15)6-1-7-12/h2-5H,1,6-8H2,(H,14,15). The monoisotopic (exact) mass is 208 g/mol.